The average Bonchev–Trinajstić information content (AvgIpc) is 2.90. The lowest BCUT2D eigenvalue weighted by Gasteiger charge is -2.38. The van der Waals surface area contributed by atoms with Crippen molar-refractivity contribution in [3.05, 3.63) is 22.4 Å². The van der Waals surface area contributed by atoms with Gasteiger partial charge in [-0.25, -0.2) is 9.59 Å². The number of urea groups is 1. The molecular formula is C14H20N2O3S. The molecule has 0 saturated carbocycles. The molecule has 2 rings (SSSR count). The van der Waals surface area contributed by atoms with Crippen molar-refractivity contribution in [1.29, 1.82) is 0 Å². The largest absolute Gasteiger partial charge is 0.480 e. The Morgan fingerprint density at radius 2 is 2.30 bits per heavy atom. The summed E-state index contributed by atoms with van der Waals surface area (Å²) in [4.78, 5) is 28.0. The first-order valence-electron chi connectivity index (χ1n) is 6.76. The smallest absolute Gasteiger partial charge is 0.326 e. The van der Waals surface area contributed by atoms with E-state index in [2.05, 4.69) is 0 Å². The maximum atomic E-state index is 12.4. The van der Waals surface area contributed by atoms with Crippen molar-refractivity contribution < 1.29 is 14.7 Å². The zero-order valence-electron chi connectivity index (χ0n) is 11.8. The minimum atomic E-state index is -0.908. The number of aliphatic carboxylic acids is 1. The lowest BCUT2D eigenvalue weighted by atomic mass is 9.93. The van der Waals surface area contributed by atoms with Gasteiger partial charge in [-0.05, 0) is 30.2 Å². The lowest BCUT2D eigenvalue weighted by Crippen LogP contribution is -2.53. The number of hydrogen-bond donors (Lipinski definition) is 1. The Morgan fingerprint density at radius 3 is 2.90 bits per heavy atom. The standard InChI is InChI=1S/C14H20N2O3S/c1-10-5-6-16(12(8-10)13(17)18)14(19)15(2)9-11-4-3-7-20-11/h3-4,7,10,12H,5-6,8-9H2,1-2H3,(H,17,18). The molecule has 2 atom stereocenters. The number of carboxylic acids is 1. The molecule has 5 nitrogen and oxygen atoms in total. The third-order valence-electron chi connectivity index (χ3n) is 3.70. The summed E-state index contributed by atoms with van der Waals surface area (Å²) in [5.74, 6) is -0.558. The first-order chi connectivity index (χ1) is 9.49. The van der Waals surface area contributed by atoms with Crippen LogP contribution in [0.25, 0.3) is 0 Å². The SMILES string of the molecule is CC1CCN(C(=O)N(C)Cc2cccs2)C(C(=O)O)C1. The number of piperidine rings is 1. The van der Waals surface area contributed by atoms with Crippen molar-refractivity contribution in [3.63, 3.8) is 0 Å². The van der Waals surface area contributed by atoms with Crippen LogP contribution in [0.3, 0.4) is 0 Å². The molecule has 20 heavy (non-hydrogen) atoms. The molecule has 6 heteroatoms. The summed E-state index contributed by atoms with van der Waals surface area (Å²) in [6, 6.07) is 3.03. The second-order valence-electron chi connectivity index (χ2n) is 5.39. The molecule has 1 aromatic rings. The maximum absolute atomic E-state index is 12.4. The highest BCUT2D eigenvalue weighted by molar-refractivity contribution is 7.09. The van der Waals surface area contributed by atoms with Crippen LogP contribution >= 0.6 is 11.3 Å². The van der Waals surface area contributed by atoms with Gasteiger partial charge in [-0.15, -0.1) is 11.3 Å². The molecule has 0 radical (unpaired) electrons. The summed E-state index contributed by atoms with van der Waals surface area (Å²) < 4.78 is 0. The molecule has 1 N–H and O–H groups in total. The minimum Gasteiger partial charge on any atom is -0.480 e. The molecular weight excluding hydrogens is 276 g/mol. The first-order valence-corrected chi connectivity index (χ1v) is 7.64. The fourth-order valence-electron chi connectivity index (χ4n) is 2.53. The summed E-state index contributed by atoms with van der Waals surface area (Å²) in [5.41, 5.74) is 0. The van der Waals surface area contributed by atoms with E-state index in [1.807, 2.05) is 24.4 Å². The van der Waals surface area contributed by atoms with Gasteiger partial charge in [-0.3, -0.25) is 0 Å². The molecule has 0 aliphatic carbocycles. The van der Waals surface area contributed by atoms with Crippen LogP contribution in [0.2, 0.25) is 0 Å². The number of amides is 2. The predicted molar refractivity (Wildman–Crippen MR) is 77.7 cm³/mol. The van der Waals surface area contributed by atoms with Gasteiger partial charge in [-0.2, -0.15) is 0 Å². The lowest BCUT2D eigenvalue weighted by molar-refractivity contribution is -0.144. The number of rotatable bonds is 3. The second kappa shape index (κ2) is 6.26. The van der Waals surface area contributed by atoms with Gasteiger partial charge in [0, 0.05) is 18.5 Å². The van der Waals surface area contributed by atoms with E-state index in [1.54, 1.807) is 23.3 Å². The van der Waals surface area contributed by atoms with Crippen LogP contribution in [0.5, 0.6) is 0 Å². The van der Waals surface area contributed by atoms with Gasteiger partial charge < -0.3 is 14.9 Å². The van der Waals surface area contributed by atoms with Crippen LogP contribution in [-0.2, 0) is 11.3 Å². The summed E-state index contributed by atoms with van der Waals surface area (Å²) in [6.07, 6.45) is 1.40. The van der Waals surface area contributed by atoms with E-state index in [0.29, 0.717) is 25.4 Å². The molecule has 1 saturated heterocycles. The third-order valence-corrected chi connectivity index (χ3v) is 4.56. The number of nitrogens with zero attached hydrogens (tertiary/aromatic N) is 2. The number of carboxylic acid groups (broad SMARTS) is 1. The molecule has 1 fully saturated rings. The Hall–Kier alpha value is -1.56. The number of hydrogen-bond acceptors (Lipinski definition) is 3. The van der Waals surface area contributed by atoms with Crippen LogP contribution in [0.4, 0.5) is 4.79 Å². The van der Waals surface area contributed by atoms with Crippen molar-refractivity contribution in [2.24, 2.45) is 5.92 Å². The number of likely N-dealkylation sites (tertiary alicyclic amines) is 1. The average molecular weight is 296 g/mol. The van der Waals surface area contributed by atoms with Gasteiger partial charge >= 0.3 is 12.0 Å². The summed E-state index contributed by atoms with van der Waals surface area (Å²) in [5, 5.41) is 11.3. The van der Waals surface area contributed by atoms with Gasteiger partial charge in [-0.1, -0.05) is 13.0 Å². The Morgan fingerprint density at radius 1 is 1.55 bits per heavy atom. The molecule has 0 bridgehead atoms. The van der Waals surface area contributed by atoms with E-state index in [9.17, 15) is 14.7 Å². The molecule has 0 aromatic carbocycles. The van der Waals surface area contributed by atoms with Crippen LogP contribution < -0.4 is 0 Å². The van der Waals surface area contributed by atoms with Crippen LogP contribution in [0.1, 0.15) is 24.6 Å². The molecule has 1 aliphatic heterocycles. The molecule has 2 unspecified atom stereocenters. The highest BCUT2D eigenvalue weighted by atomic mass is 32.1. The fourth-order valence-corrected chi connectivity index (χ4v) is 3.29. The number of carbonyl (C=O) groups excluding carboxylic acids is 1. The van der Waals surface area contributed by atoms with E-state index < -0.39 is 12.0 Å². The van der Waals surface area contributed by atoms with Gasteiger partial charge in [0.05, 0.1) is 6.54 Å². The van der Waals surface area contributed by atoms with Crippen molar-refractivity contribution in [2.45, 2.75) is 32.4 Å². The van der Waals surface area contributed by atoms with Crippen LogP contribution in [-0.4, -0.2) is 46.5 Å². The van der Waals surface area contributed by atoms with E-state index >= 15 is 0 Å². The van der Waals surface area contributed by atoms with Crippen molar-refractivity contribution in [3.8, 4) is 0 Å². The predicted octanol–water partition coefficient (Wildman–Crippen LogP) is 2.49. The first kappa shape index (κ1) is 14.8. The summed E-state index contributed by atoms with van der Waals surface area (Å²) in [6.45, 7) is 3.08. The van der Waals surface area contributed by atoms with E-state index in [0.717, 1.165) is 11.3 Å². The Kier molecular flexibility index (Phi) is 4.65. The van der Waals surface area contributed by atoms with Gasteiger partial charge in [0.1, 0.15) is 6.04 Å². The van der Waals surface area contributed by atoms with E-state index in [-0.39, 0.29) is 6.03 Å². The Labute approximate surface area is 122 Å². The normalized spacial score (nSPS) is 22.6. The third kappa shape index (κ3) is 3.30. The Balaban J connectivity index is 2.04. The van der Waals surface area contributed by atoms with Crippen molar-refractivity contribution >= 4 is 23.3 Å². The minimum absolute atomic E-state index is 0.197. The van der Waals surface area contributed by atoms with E-state index in [1.165, 1.54) is 4.90 Å². The second-order valence-corrected chi connectivity index (χ2v) is 6.43. The molecule has 2 heterocycles. The highest BCUT2D eigenvalue weighted by Gasteiger charge is 2.35. The molecule has 1 aliphatic rings. The fraction of sp³-hybridized carbons (Fsp3) is 0.571. The van der Waals surface area contributed by atoms with Gasteiger partial charge in [0.15, 0.2) is 0 Å². The number of carbonyl (C=O) groups is 2. The Bertz CT molecular complexity index is 475. The van der Waals surface area contributed by atoms with Gasteiger partial charge in [0.2, 0.25) is 0 Å². The molecule has 1 aromatic heterocycles. The zero-order chi connectivity index (χ0) is 14.7. The van der Waals surface area contributed by atoms with Crippen molar-refractivity contribution in [2.75, 3.05) is 13.6 Å². The van der Waals surface area contributed by atoms with Gasteiger partial charge in [0.25, 0.3) is 0 Å². The zero-order valence-corrected chi connectivity index (χ0v) is 12.6. The molecule has 110 valence electrons. The monoisotopic (exact) mass is 296 g/mol. The van der Waals surface area contributed by atoms with Crippen LogP contribution in [0, 0.1) is 5.92 Å². The molecule has 0 spiro atoms. The van der Waals surface area contributed by atoms with E-state index in [4.69, 9.17) is 0 Å². The summed E-state index contributed by atoms with van der Waals surface area (Å²) in [7, 11) is 1.72. The van der Waals surface area contributed by atoms with Crippen molar-refractivity contribution in [1.82, 2.24) is 9.80 Å². The summed E-state index contributed by atoms with van der Waals surface area (Å²) >= 11 is 1.59. The number of thiophene rings is 1. The molecule has 2 amide bonds. The maximum Gasteiger partial charge on any atom is 0.326 e. The van der Waals surface area contributed by atoms with Crippen LogP contribution in [0.15, 0.2) is 17.5 Å². The quantitative estimate of drug-likeness (QED) is 0.932. The highest BCUT2D eigenvalue weighted by Crippen LogP contribution is 2.24. The topological polar surface area (TPSA) is 60.9 Å².